The van der Waals surface area contributed by atoms with E-state index in [4.69, 9.17) is 21.1 Å². The molecule has 0 bridgehead atoms. The molecule has 0 unspecified atom stereocenters. The minimum Gasteiger partial charge on any atom is -0.461 e. The van der Waals surface area contributed by atoms with Crippen molar-refractivity contribution in [1.29, 1.82) is 0 Å². The predicted molar refractivity (Wildman–Crippen MR) is 107 cm³/mol. The number of nitrogens with zero attached hydrogens (tertiary/aromatic N) is 2. The van der Waals surface area contributed by atoms with Crippen molar-refractivity contribution in [3.63, 3.8) is 0 Å². The Morgan fingerprint density at radius 2 is 1.79 bits per heavy atom. The molecule has 3 rings (SSSR count). The molecule has 1 aliphatic carbocycles. The normalized spacial score (nSPS) is 13.2. The van der Waals surface area contributed by atoms with Gasteiger partial charge in [-0.15, -0.1) is 0 Å². The van der Waals surface area contributed by atoms with Gasteiger partial charge in [0.15, 0.2) is 17.2 Å². The van der Waals surface area contributed by atoms with Crippen molar-refractivity contribution in [1.82, 2.24) is 9.78 Å². The summed E-state index contributed by atoms with van der Waals surface area (Å²) < 4.78 is 11.6. The summed E-state index contributed by atoms with van der Waals surface area (Å²) in [6, 6.07) is 4.96. The molecule has 0 atom stereocenters. The van der Waals surface area contributed by atoms with Crippen LogP contribution in [0.15, 0.2) is 18.2 Å². The van der Waals surface area contributed by atoms with Gasteiger partial charge in [-0.2, -0.15) is 5.10 Å². The monoisotopic (exact) mass is 418 g/mol. The maximum Gasteiger partial charge on any atom is 0.359 e. The first-order chi connectivity index (χ1) is 13.9. The number of hydrogen-bond donors (Lipinski definition) is 0. The van der Waals surface area contributed by atoms with E-state index in [2.05, 4.69) is 5.10 Å². The Labute approximate surface area is 173 Å². The minimum atomic E-state index is -0.603. The fourth-order valence-corrected chi connectivity index (χ4v) is 3.28. The van der Waals surface area contributed by atoms with E-state index in [1.54, 1.807) is 39.0 Å². The number of rotatable bonds is 8. The largest absolute Gasteiger partial charge is 0.461 e. The molecule has 29 heavy (non-hydrogen) atoms. The van der Waals surface area contributed by atoms with Crippen LogP contribution in [0.5, 0.6) is 0 Å². The highest BCUT2D eigenvalue weighted by Gasteiger charge is 2.38. The van der Waals surface area contributed by atoms with E-state index in [9.17, 15) is 14.4 Å². The average Bonchev–Trinajstić information content (AvgIpc) is 3.45. The van der Waals surface area contributed by atoms with Gasteiger partial charge in [0, 0.05) is 16.1 Å². The molecule has 1 aromatic carbocycles. The van der Waals surface area contributed by atoms with Gasteiger partial charge in [0.25, 0.3) is 0 Å². The summed E-state index contributed by atoms with van der Waals surface area (Å²) in [4.78, 5) is 37.9. The smallest absolute Gasteiger partial charge is 0.359 e. The standard InChI is InChI=1S/C21H23ClN2O5/c1-4-28-20(26)18-17(13-6-7-13)19(21(27)29-5-2)24(23-18)11-16(25)14-8-9-15(22)12(3)10-14/h8-10,13H,4-7,11H2,1-3H3. The highest BCUT2D eigenvalue weighted by Crippen LogP contribution is 2.44. The van der Waals surface area contributed by atoms with E-state index in [0.717, 1.165) is 18.4 Å². The second-order valence-corrected chi connectivity index (χ2v) is 7.28. The molecule has 8 heteroatoms. The first-order valence-corrected chi connectivity index (χ1v) is 9.99. The number of ether oxygens (including phenoxy) is 2. The number of hydrogen-bond acceptors (Lipinski definition) is 6. The molecule has 1 fully saturated rings. The summed E-state index contributed by atoms with van der Waals surface area (Å²) in [6.45, 7) is 5.36. The zero-order chi connectivity index (χ0) is 21.1. The van der Waals surface area contributed by atoms with Crippen LogP contribution in [0.1, 0.15) is 75.1 Å². The number of benzene rings is 1. The van der Waals surface area contributed by atoms with E-state index in [0.29, 0.717) is 16.1 Å². The number of halogens is 1. The van der Waals surface area contributed by atoms with E-state index < -0.39 is 11.9 Å². The molecule has 0 aliphatic heterocycles. The van der Waals surface area contributed by atoms with E-state index in [-0.39, 0.29) is 42.8 Å². The second-order valence-electron chi connectivity index (χ2n) is 6.87. The van der Waals surface area contributed by atoms with Gasteiger partial charge >= 0.3 is 11.9 Å². The van der Waals surface area contributed by atoms with Crippen LogP contribution in [-0.4, -0.2) is 40.7 Å². The molecule has 1 saturated carbocycles. The van der Waals surface area contributed by atoms with Crippen LogP contribution in [-0.2, 0) is 16.0 Å². The number of aromatic nitrogens is 2. The number of aryl methyl sites for hydroxylation is 1. The topological polar surface area (TPSA) is 87.5 Å². The van der Waals surface area contributed by atoms with Crippen molar-refractivity contribution in [2.45, 2.75) is 46.1 Å². The van der Waals surface area contributed by atoms with Crippen LogP contribution in [0.3, 0.4) is 0 Å². The molecule has 1 heterocycles. The van der Waals surface area contributed by atoms with Gasteiger partial charge in [0.05, 0.1) is 13.2 Å². The number of carbonyl (C=O) groups is 3. The van der Waals surface area contributed by atoms with E-state index in [1.807, 2.05) is 0 Å². The number of ketones is 1. The highest BCUT2D eigenvalue weighted by molar-refractivity contribution is 6.31. The maximum absolute atomic E-state index is 12.8. The summed E-state index contributed by atoms with van der Waals surface area (Å²) in [5, 5.41) is 4.86. The summed E-state index contributed by atoms with van der Waals surface area (Å²) in [6.07, 6.45) is 1.68. The first kappa shape index (κ1) is 21.0. The van der Waals surface area contributed by atoms with Crippen molar-refractivity contribution in [3.05, 3.63) is 51.3 Å². The molecular weight excluding hydrogens is 396 g/mol. The number of carbonyl (C=O) groups excluding carboxylic acids is 3. The van der Waals surface area contributed by atoms with Gasteiger partial charge in [-0.1, -0.05) is 11.6 Å². The predicted octanol–water partition coefficient (Wildman–Crippen LogP) is 3.96. The van der Waals surface area contributed by atoms with Gasteiger partial charge in [0.2, 0.25) is 0 Å². The third-order valence-electron chi connectivity index (χ3n) is 4.69. The molecule has 1 aromatic heterocycles. The van der Waals surface area contributed by atoms with Gasteiger partial charge in [-0.25, -0.2) is 14.3 Å². The van der Waals surface area contributed by atoms with E-state index >= 15 is 0 Å². The highest BCUT2D eigenvalue weighted by atomic mass is 35.5. The molecule has 7 nitrogen and oxygen atoms in total. The van der Waals surface area contributed by atoms with Crippen LogP contribution < -0.4 is 0 Å². The van der Waals surface area contributed by atoms with Crippen LogP contribution in [0.4, 0.5) is 0 Å². The summed E-state index contributed by atoms with van der Waals surface area (Å²) in [5.41, 5.74) is 1.97. The van der Waals surface area contributed by atoms with Crippen LogP contribution in [0, 0.1) is 6.92 Å². The van der Waals surface area contributed by atoms with Crippen molar-refractivity contribution >= 4 is 29.3 Å². The molecule has 0 N–H and O–H groups in total. The molecule has 0 spiro atoms. The van der Waals surface area contributed by atoms with Gasteiger partial charge in [0.1, 0.15) is 6.54 Å². The first-order valence-electron chi connectivity index (χ1n) is 9.61. The lowest BCUT2D eigenvalue weighted by Crippen LogP contribution is -2.19. The van der Waals surface area contributed by atoms with Crippen LogP contribution in [0.25, 0.3) is 0 Å². The lowest BCUT2D eigenvalue weighted by atomic mass is 10.1. The molecule has 0 saturated heterocycles. The lowest BCUT2D eigenvalue weighted by Gasteiger charge is -2.09. The zero-order valence-electron chi connectivity index (χ0n) is 16.7. The molecule has 1 aliphatic rings. The van der Waals surface area contributed by atoms with Crippen molar-refractivity contribution < 1.29 is 23.9 Å². The summed E-state index contributed by atoms with van der Waals surface area (Å²) in [5.74, 6) is -1.42. The van der Waals surface area contributed by atoms with E-state index in [1.165, 1.54) is 4.68 Å². The third kappa shape index (κ3) is 4.50. The van der Waals surface area contributed by atoms with Gasteiger partial charge in [-0.05, 0) is 63.3 Å². The molecule has 0 amide bonds. The fourth-order valence-electron chi connectivity index (χ4n) is 3.16. The van der Waals surface area contributed by atoms with Crippen molar-refractivity contribution in [3.8, 4) is 0 Å². The Kier molecular flexibility index (Phi) is 6.37. The Morgan fingerprint density at radius 1 is 1.14 bits per heavy atom. The molecule has 0 radical (unpaired) electrons. The lowest BCUT2D eigenvalue weighted by molar-refractivity contribution is 0.0505. The third-order valence-corrected chi connectivity index (χ3v) is 5.11. The van der Waals surface area contributed by atoms with Gasteiger partial charge < -0.3 is 9.47 Å². The molecular formula is C21H23ClN2O5. The van der Waals surface area contributed by atoms with Crippen LogP contribution in [0.2, 0.25) is 5.02 Å². The Bertz CT molecular complexity index is 962. The second kappa shape index (κ2) is 8.78. The quantitative estimate of drug-likeness (QED) is 0.476. The maximum atomic E-state index is 12.8. The minimum absolute atomic E-state index is 0.0374. The summed E-state index contributed by atoms with van der Waals surface area (Å²) in [7, 11) is 0. The number of Topliss-reactive ketones (excluding diaryl/α,β-unsaturated/α-hetero) is 1. The Morgan fingerprint density at radius 3 is 2.38 bits per heavy atom. The molecule has 154 valence electrons. The van der Waals surface area contributed by atoms with Crippen molar-refractivity contribution in [2.75, 3.05) is 13.2 Å². The fraction of sp³-hybridized carbons (Fsp3) is 0.429. The Balaban J connectivity index is 2.02. The summed E-state index contributed by atoms with van der Waals surface area (Å²) >= 11 is 6.04. The SMILES string of the molecule is CCOC(=O)c1nn(CC(=O)c2ccc(Cl)c(C)c2)c(C(=O)OCC)c1C1CC1. The molecule has 2 aromatic rings. The Hall–Kier alpha value is -2.67. The van der Waals surface area contributed by atoms with Crippen molar-refractivity contribution in [2.24, 2.45) is 0 Å². The van der Waals surface area contributed by atoms with Gasteiger partial charge in [-0.3, -0.25) is 4.79 Å². The number of esters is 2. The van der Waals surface area contributed by atoms with Crippen LogP contribution >= 0.6 is 11.6 Å². The zero-order valence-corrected chi connectivity index (χ0v) is 17.4. The average molecular weight is 419 g/mol.